The number of hydrogen-bond donors (Lipinski definition) is 2. The molecule has 0 unspecified atom stereocenters. The highest BCUT2D eigenvalue weighted by Gasteiger charge is 2.31. The number of fused-ring (bicyclic) bond motifs is 2. The number of nitrogens with zero attached hydrogens (tertiary/aromatic N) is 3. The lowest BCUT2D eigenvalue weighted by atomic mass is 9.88. The van der Waals surface area contributed by atoms with Gasteiger partial charge in [0.2, 0.25) is 5.88 Å². The summed E-state index contributed by atoms with van der Waals surface area (Å²) in [5, 5.41) is 4.91. The molecule has 0 radical (unpaired) electrons. The molecule has 0 amide bonds. The highest BCUT2D eigenvalue weighted by atomic mass is 32.2. The van der Waals surface area contributed by atoms with Crippen LogP contribution in [0.5, 0.6) is 5.88 Å². The summed E-state index contributed by atoms with van der Waals surface area (Å²) in [6.07, 6.45) is 6.14. The minimum Gasteiger partial charge on any atom is -0.474 e. The molecule has 5 atom stereocenters. The number of aromatic nitrogens is 3. The second-order valence-electron chi connectivity index (χ2n) is 10.0. The summed E-state index contributed by atoms with van der Waals surface area (Å²) in [6.45, 7) is 9.81. The first kappa shape index (κ1) is 26.9. The molecule has 3 N–H and O–H groups in total. The Bertz CT molecular complexity index is 1350. The summed E-state index contributed by atoms with van der Waals surface area (Å²) in [6, 6.07) is 5.40. The fraction of sp³-hybridized carbons (Fsp3) is 0.481. The Hall–Kier alpha value is -3.11. The maximum Gasteiger partial charge on any atom is 0.340 e. The first-order valence-electron chi connectivity index (χ1n) is 12.5. The van der Waals surface area contributed by atoms with Crippen LogP contribution in [0.1, 0.15) is 75.0 Å². The van der Waals surface area contributed by atoms with E-state index < -0.39 is 16.3 Å². The molecule has 37 heavy (non-hydrogen) atoms. The van der Waals surface area contributed by atoms with Crippen molar-refractivity contribution in [1.82, 2.24) is 15.0 Å². The molecule has 4 rings (SSSR count). The zero-order chi connectivity index (χ0) is 26.9. The molecule has 1 aliphatic rings. The molecule has 0 fully saturated rings. The number of nitrogens with two attached hydrogens (primary N) is 1. The van der Waals surface area contributed by atoms with Gasteiger partial charge in [-0.15, -0.1) is 0 Å². The summed E-state index contributed by atoms with van der Waals surface area (Å²) >= 11 is 0. The van der Waals surface area contributed by atoms with Gasteiger partial charge in [0, 0.05) is 46.7 Å². The van der Waals surface area contributed by atoms with Crippen molar-refractivity contribution < 1.29 is 18.5 Å². The molecule has 0 spiro atoms. The fourth-order valence-corrected chi connectivity index (χ4v) is 4.92. The molecular formula is C27H35N5O4S. The van der Waals surface area contributed by atoms with Crippen molar-refractivity contribution >= 4 is 39.2 Å². The number of pyridine rings is 3. The van der Waals surface area contributed by atoms with Crippen LogP contribution < -0.4 is 15.8 Å². The molecule has 1 aliphatic heterocycles. The minimum atomic E-state index is -0.887. The van der Waals surface area contributed by atoms with Crippen LogP contribution in [0.2, 0.25) is 0 Å². The van der Waals surface area contributed by atoms with Crippen molar-refractivity contribution in [2.45, 2.75) is 71.1 Å². The Balaban J connectivity index is 1.71. The molecule has 0 aliphatic carbocycles. The Morgan fingerprint density at radius 1 is 1.22 bits per heavy atom. The largest absolute Gasteiger partial charge is 0.474 e. The number of hydrogen-bond acceptors (Lipinski definition) is 9. The highest BCUT2D eigenvalue weighted by molar-refractivity contribution is 7.84. The molecule has 10 heteroatoms. The van der Waals surface area contributed by atoms with Crippen molar-refractivity contribution in [3.8, 4) is 5.88 Å². The van der Waals surface area contributed by atoms with Crippen molar-refractivity contribution in [1.29, 1.82) is 0 Å². The zero-order valence-electron chi connectivity index (χ0n) is 22.2. The first-order valence-corrected chi connectivity index (χ1v) is 14.3. The lowest BCUT2D eigenvalue weighted by molar-refractivity contribution is 0.0235. The highest BCUT2D eigenvalue weighted by Crippen LogP contribution is 2.35. The molecule has 4 heterocycles. The van der Waals surface area contributed by atoms with E-state index in [1.165, 1.54) is 0 Å². The van der Waals surface area contributed by atoms with Gasteiger partial charge in [0.05, 0.1) is 22.7 Å². The van der Waals surface area contributed by atoms with Crippen LogP contribution in [0, 0.1) is 0 Å². The maximum atomic E-state index is 12.3. The number of carbonyl (C=O) groups excluding carboxylic acids is 1. The van der Waals surface area contributed by atoms with Gasteiger partial charge < -0.3 is 20.5 Å². The Kier molecular flexibility index (Phi) is 7.80. The van der Waals surface area contributed by atoms with Crippen LogP contribution in [-0.2, 0) is 21.1 Å². The summed E-state index contributed by atoms with van der Waals surface area (Å²) < 4.78 is 23.0. The van der Waals surface area contributed by atoms with E-state index in [0.717, 1.165) is 16.3 Å². The quantitative estimate of drug-likeness (QED) is 0.386. The van der Waals surface area contributed by atoms with Gasteiger partial charge in [0.15, 0.2) is 0 Å². The molecule has 0 saturated carbocycles. The van der Waals surface area contributed by atoms with Gasteiger partial charge in [0.25, 0.3) is 0 Å². The average molecular weight is 526 g/mol. The number of esters is 1. The van der Waals surface area contributed by atoms with E-state index in [1.807, 2.05) is 40.7 Å². The number of rotatable bonds is 9. The second-order valence-corrected chi connectivity index (χ2v) is 11.6. The summed E-state index contributed by atoms with van der Waals surface area (Å²) in [7, 11) is -0.887. The molecule has 0 aromatic carbocycles. The lowest BCUT2D eigenvalue weighted by Gasteiger charge is -2.27. The van der Waals surface area contributed by atoms with Crippen LogP contribution in [0.4, 0.5) is 11.6 Å². The van der Waals surface area contributed by atoms with E-state index >= 15 is 0 Å². The minimum absolute atomic E-state index is 0.0222. The monoisotopic (exact) mass is 525 g/mol. The third-order valence-corrected chi connectivity index (χ3v) is 7.85. The third kappa shape index (κ3) is 5.75. The SMILES string of the molecule is CC[C@@](C)(N)c1cnc(O[C@H](C)CC[S@](C)=O)c2cnc(Nc3ccc4c(n3)[C@@H](C)[C@H](C)OC4=O)cc12. The number of carbonyl (C=O) groups is 1. The second kappa shape index (κ2) is 10.7. The molecule has 3 aromatic rings. The van der Waals surface area contributed by atoms with Crippen LogP contribution in [0.15, 0.2) is 30.6 Å². The number of anilines is 2. The maximum absolute atomic E-state index is 12.3. The van der Waals surface area contributed by atoms with Crippen molar-refractivity contribution in [3.63, 3.8) is 0 Å². The van der Waals surface area contributed by atoms with E-state index in [-0.39, 0.29) is 24.1 Å². The molecule has 0 bridgehead atoms. The fourth-order valence-electron chi connectivity index (χ4n) is 4.25. The Labute approximate surface area is 220 Å². The van der Waals surface area contributed by atoms with E-state index in [0.29, 0.717) is 47.4 Å². The molecule has 3 aromatic heterocycles. The van der Waals surface area contributed by atoms with Crippen LogP contribution in [0.3, 0.4) is 0 Å². The van der Waals surface area contributed by atoms with Crippen molar-refractivity contribution in [2.75, 3.05) is 17.3 Å². The molecule has 0 saturated heterocycles. The van der Waals surface area contributed by atoms with Crippen LogP contribution >= 0.6 is 0 Å². The smallest absolute Gasteiger partial charge is 0.340 e. The van der Waals surface area contributed by atoms with Gasteiger partial charge >= 0.3 is 5.97 Å². The Morgan fingerprint density at radius 3 is 2.68 bits per heavy atom. The van der Waals surface area contributed by atoms with Crippen LogP contribution in [-0.4, -0.2) is 49.3 Å². The summed E-state index contributed by atoms with van der Waals surface area (Å²) in [5.74, 6) is 1.81. The normalized spacial score (nSPS) is 20.5. The van der Waals surface area contributed by atoms with Gasteiger partial charge in [-0.05, 0) is 62.8 Å². The van der Waals surface area contributed by atoms with Crippen molar-refractivity contribution in [3.05, 3.63) is 47.4 Å². The molecule has 9 nitrogen and oxygen atoms in total. The topological polar surface area (TPSA) is 129 Å². The van der Waals surface area contributed by atoms with Gasteiger partial charge in [-0.3, -0.25) is 4.21 Å². The number of cyclic esters (lactones) is 1. The third-order valence-electron chi connectivity index (χ3n) is 7.04. The average Bonchev–Trinajstić information content (AvgIpc) is 2.86. The van der Waals surface area contributed by atoms with Crippen molar-refractivity contribution in [2.24, 2.45) is 5.73 Å². The standard InChI is InChI=1S/C27H35N5O4S/c1-7-27(5,28)21-14-30-25(35-15(2)10-11-37(6)34)20-13-29-23(12-19(20)21)31-22-9-8-18-24(32-22)16(3)17(4)36-26(18)33/h8-9,12-17H,7,10-11,28H2,1-6H3,(H,29,31,32)/t15-,16+,17+,27-,37+/m1/s1. The van der Waals surface area contributed by atoms with E-state index in [2.05, 4.69) is 15.3 Å². The van der Waals surface area contributed by atoms with E-state index in [4.69, 9.17) is 20.2 Å². The summed E-state index contributed by atoms with van der Waals surface area (Å²) in [4.78, 5) is 26.2. The predicted molar refractivity (Wildman–Crippen MR) is 146 cm³/mol. The van der Waals surface area contributed by atoms with Gasteiger partial charge in [0.1, 0.15) is 17.7 Å². The number of ether oxygens (including phenoxy) is 2. The molecule has 198 valence electrons. The van der Waals surface area contributed by atoms with Gasteiger partial charge in [-0.2, -0.15) is 0 Å². The molecular weight excluding hydrogens is 490 g/mol. The Morgan fingerprint density at radius 2 is 1.97 bits per heavy atom. The van der Waals surface area contributed by atoms with Crippen LogP contribution in [0.25, 0.3) is 10.8 Å². The lowest BCUT2D eigenvalue weighted by Crippen LogP contribution is -2.32. The predicted octanol–water partition coefficient (Wildman–Crippen LogP) is 4.55. The number of nitrogens with one attached hydrogen (secondary N) is 1. The van der Waals surface area contributed by atoms with E-state index in [1.54, 1.807) is 30.8 Å². The van der Waals surface area contributed by atoms with Gasteiger partial charge in [-0.25, -0.2) is 19.7 Å². The first-order chi connectivity index (χ1) is 17.5. The van der Waals surface area contributed by atoms with E-state index in [9.17, 15) is 9.00 Å². The zero-order valence-corrected chi connectivity index (χ0v) is 23.0. The van der Waals surface area contributed by atoms with Gasteiger partial charge in [-0.1, -0.05) is 13.8 Å². The summed E-state index contributed by atoms with van der Waals surface area (Å²) in [5.41, 5.74) is 8.11.